The lowest BCUT2D eigenvalue weighted by molar-refractivity contribution is -0.384. The predicted octanol–water partition coefficient (Wildman–Crippen LogP) is 2.91. The van der Waals surface area contributed by atoms with Crippen LogP contribution in [-0.4, -0.2) is 37.6 Å². The van der Waals surface area contributed by atoms with Gasteiger partial charge in [-0.2, -0.15) is 4.68 Å². The number of anilines is 2. The summed E-state index contributed by atoms with van der Waals surface area (Å²) in [6.07, 6.45) is 0. The van der Waals surface area contributed by atoms with Crippen molar-refractivity contribution in [3.63, 3.8) is 0 Å². The molecule has 4 rings (SSSR count). The Morgan fingerprint density at radius 1 is 1.29 bits per heavy atom. The summed E-state index contributed by atoms with van der Waals surface area (Å²) >= 11 is 0. The highest BCUT2D eigenvalue weighted by atomic mass is 16.6. The molecule has 1 unspecified atom stereocenters. The molecular weight excluding hydrogens is 402 g/mol. The average molecular weight is 421 g/mol. The molecule has 2 heterocycles. The quantitative estimate of drug-likeness (QED) is 0.458. The second kappa shape index (κ2) is 8.22. The summed E-state index contributed by atoms with van der Waals surface area (Å²) in [7, 11) is 0. The summed E-state index contributed by atoms with van der Waals surface area (Å²) in [5.74, 6) is 0.463. The lowest BCUT2D eigenvalue weighted by Crippen LogP contribution is -2.31. The number of carbonyl (C=O) groups is 1. The molecule has 158 valence electrons. The molecule has 1 aliphatic rings. The lowest BCUT2D eigenvalue weighted by atomic mass is 9.94. The van der Waals surface area contributed by atoms with Gasteiger partial charge in [-0.3, -0.25) is 14.9 Å². The first-order valence-electron chi connectivity index (χ1n) is 9.52. The molecule has 0 radical (unpaired) electrons. The van der Waals surface area contributed by atoms with Crippen LogP contribution in [0.1, 0.15) is 25.5 Å². The topological polar surface area (TPSA) is 137 Å². The molecule has 0 spiro atoms. The Labute approximate surface area is 176 Å². The second-order valence-electron chi connectivity index (χ2n) is 6.75. The third kappa shape index (κ3) is 3.80. The van der Waals surface area contributed by atoms with E-state index in [1.807, 2.05) is 13.0 Å². The van der Waals surface area contributed by atoms with E-state index in [1.54, 1.807) is 37.3 Å². The van der Waals surface area contributed by atoms with Crippen molar-refractivity contribution < 1.29 is 14.5 Å². The Bertz CT molecular complexity index is 1190. The van der Waals surface area contributed by atoms with Crippen LogP contribution in [0.3, 0.4) is 0 Å². The molecule has 0 bridgehead atoms. The van der Waals surface area contributed by atoms with Gasteiger partial charge < -0.3 is 15.4 Å². The molecule has 0 saturated carbocycles. The van der Waals surface area contributed by atoms with Crippen molar-refractivity contribution in [2.75, 3.05) is 17.2 Å². The predicted molar refractivity (Wildman–Crippen MR) is 112 cm³/mol. The number of hydrogen-bond acceptors (Lipinski definition) is 8. The first-order valence-corrected chi connectivity index (χ1v) is 9.52. The number of ether oxygens (including phenoxy) is 1. The number of fused-ring (bicyclic) bond motifs is 1. The molecule has 0 fully saturated rings. The fourth-order valence-electron chi connectivity index (χ4n) is 3.46. The number of carbonyl (C=O) groups excluding carboxylic acids is 1. The maximum absolute atomic E-state index is 13.4. The zero-order valence-corrected chi connectivity index (χ0v) is 16.8. The maximum Gasteiger partial charge on any atom is 0.269 e. The van der Waals surface area contributed by atoms with Crippen LogP contribution in [-0.2, 0) is 4.79 Å². The first-order chi connectivity index (χ1) is 15.0. The zero-order valence-electron chi connectivity index (χ0n) is 16.8. The fourth-order valence-corrected chi connectivity index (χ4v) is 3.46. The molecule has 1 aliphatic heterocycles. The number of hydrogen-bond donors (Lipinski definition) is 2. The van der Waals surface area contributed by atoms with E-state index < -0.39 is 16.9 Å². The van der Waals surface area contributed by atoms with Crippen LogP contribution in [0.5, 0.6) is 5.75 Å². The number of para-hydroxylation sites is 2. The van der Waals surface area contributed by atoms with E-state index in [1.165, 1.54) is 16.8 Å². The zero-order chi connectivity index (χ0) is 22.0. The fraction of sp³-hybridized carbons (Fsp3) is 0.200. The van der Waals surface area contributed by atoms with Crippen molar-refractivity contribution in [3.8, 4) is 5.75 Å². The van der Waals surface area contributed by atoms with Crippen molar-refractivity contribution in [1.29, 1.82) is 0 Å². The Kier molecular flexibility index (Phi) is 5.31. The number of nitro groups is 1. The van der Waals surface area contributed by atoms with Crippen molar-refractivity contribution in [2.45, 2.75) is 19.9 Å². The largest absolute Gasteiger partial charge is 0.492 e. The third-order valence-electron chi connectivity index (χ3n) is 4.79. The SMILES string of the molecule is CCOc1ccccc1NC(=O)C1=C(C)Nc2nnnn2C1c1cccc([N+](=O)[O-])c1. The minimum atomic E-state index is -0.759. The lowest BCUT2D eigenvalue weighted by Gasteiger charge is -2.28. The summed E-state index contributed by atoms with van der Waals surface area (Å²) in [5, 5.41) is 28.8. The van der Waals surface area contributed by atoms with Gasteiger partial charge in [0.05, 0.1) is 22.8 Å². The summed E-state index contributed by atoms with van der Waals surface area (Å²) < 4.78 is 7.02. The summed E-state index contributed by atoms with van der Waals surface area (Å²) in [4.78, 5) is 24.2. The highest BCUT2D eigenvalue weighted by Crippen LogP contribution is 2.36. The van der Waals surface area contributed by atoms with E-state index in [4.69, 9.17) is 4.74 Å². The molecule has 0 aliphatic carbocycles. The van der Waals surface area contributed by atoms with Gasteiger partial charge in [-0.25, -0.2) is 0 Å². The van der Waals surface area contributed by atoms with Crippen molar-refractivity contribution >= 4 is 23.2 Å². The van der Waals surface area contributed by atoms with Crippen molar-refractivity contribution in [2.24, 2.45) is 0 Å². The van der Waals surface area contributed by atoms with Gasteiger partial charge in [0.15, 0.2) is 0 Å². The van der Waals surface area contributed by atoms with Crippen LogP contribution in [0.25, 0.3) is 0 Å². The Morgan fingerprint density at radius 3 is 2.87 bits per heavy atom. The van der Waals surface area contributed by atoms with Gasteiger partial charge in [0.25, 0.3) is 11.6 Å². The summed E-state index contributed by atoms with van der Waals surface area (Å²) in [6.45, 7) is 4.03. The van der Waals surface area contributed by atoms with Gasteiger partial charge in [0.1, 0.15) is 11.8 Å². The van der Waals surface area contributed by atoms with Crippen molar-refractivity contribution in [3.05, 3.63) is 75.5 Å². The van der Waals surface area contributed by atoms with Crippen LogP contribution < -0.4 is 15.4 Å². The molecule has 1 atom stereocenters. The summed E-state index contributed by atoms with van der Waals surface area (Å²) in [5.41, 5.74) is 1.78. The van der Waals surface area contributed by atoms with Crippen LogP contribution in [0.4, 0.5) is 17.3 Å². The number of tetrazole rings is 1. The van der Waals surface area contributed by atoms with E-state index in [2.05, 4.69) is 26.2 Å². The van der Waals surface area contributed by atoms with Crippen LogP contribution in [0.15, 0.2) is 59.8 Å². The molecule has 3 aromatic rings. The van der Waals surface area contributed by atoms with Gasteiger partial charge in [-0.1, -0.05) is 29.4 Å². The van der Waals surface area contributed by atoms with Gasteiger partial charge in [-0.15, -0.1) is 0 Å². The van der Waals surface area contributed by atoms with Crippen LogP contribution >= 0.6 is 0 Å². The van der Waals surface area contributed by atoms with Gasteiger partial charge in [0.2, 0.25) is 5.95 Å². The Balaban J connectivity index is 1.77. The minimum Gasteiger partial charge on any atom is -0.492 e. The molecule has 11 heteroatoms. The maximum atomic E-state index is 13.4. The third-order valence-corrected chi connectivity index (χ3v) is 4.79. The molecule has 2 N–H and O–H groups in total. The monoisotopic (exact) mass is 421 g/mol. The highest BCUT2D eigenvalue weighted by Gasteiger charge is 2.35. The van der Waals surface area contributed by atoms with E-state index in [9.17, 15) is 14.9 Å². The Hall–Kier alpha value is -4.28. The Morgan fingerprint density at radius 2 is 2.10 bits per heavy atom. The number of nitro benzene ring substituents is 1. The van der Waals surface area contributed by atoms with Gasteiger partial charge in [-0.05, 0) is 42.0 Å². The average Bonchev–Trinajstić information content (AvgIpc) is 3.22. The first kappa shape index (κ1) is 20.0. The number of rotatable bonds is 6. The van der Waals surface area contributed by atoms with E-state index >= 15 is 0 Å². The highest BCUT2D eigenvalue weighted by molar-refractivity contribution is 6.06. The molecule has 1 aromatic heterocycles. The van der Waals surface area contributed by atoms with E-state index in [0.717, 1.165) is 0 Å². The minimum absolute atomic E-state index is 0.0928. The van der Waals surface area contributed by atoms with Gasteiger partial charge in [0, 0.05) is 17.8 Å². The number of benzene rings is 2. The standard InChI is InChI=1S/C20H19N7O4/c1-3-31-16-10-5-4-9-15(16)22-19(28)17-12(2)21-20-23-24-25-26(20)18(17)13-7-6-8-14(11-13)27(29)30/h4-11,18H,3H2,1-2H3,(H,22,28)(H,21,23,25). The molecule has 31 heavy (non-hydrogen) atoms. The molecule has 0 saturated heterocycles. The summed E-state index contributed by atoms with van der Waals surface area (Å²) in [6, 6.07) is 12.4. The number of aromatic nitrogens is 4. The molecule has 2 aromatic carbocycles. The smallest absolute Gasteiger partial charge is 0.269 e. The van der Waals surface area contributed by atoms with Crippen LogP contribution in [0, 0.1) is 10.1 Å². The number of non-ortho nitro benzene ring substituents is 1. The number of allylic oxidation sites excluding steroid dienone is 1. The van der Waals surface area contributed by atoms with E-state index in [0.29, 0.717) is 40.8 Å². The number of nitrogens with one attached hydrogen (secondary N) is 2. The normalized spacial score (nSPS) is 15.1. The second-order valence-corrected chi connectivity index (χ2v) is 6.75. The molecular formula is C20H19N7O4. The van der Waals surface area contributed by atoms with Crippen LogP contribution in [0.2, 0.25) is 0 Å². The molecule has 1 amide bonds. The van der Waals surface area contributed by atoms with E-state index in [-0.39, 0.29) is 5.69 Å². The van der Waals surface area contributed by atoms with Gasteiger partial charge >= 0.3 is 0 Å². The number of amides is 1. The molecule has 11 nitrogen and oxygen atoms in total. The number of nitrogens with zero attached hydrogens (tertiary/aromatic N) is 5. The van der Waals surface area contributed by atoms with Crippen molar-refractivity contribution in [1.82, 2.24) is 20.2 Å².